The van der Waals surface area contributed by atoms with Crippen LogP contribution in [0.15, 0.2) is 41.5 Å². The average Bonchev–Trinajstić information content (AvgIpc) is 2.62. The number of ether oxygens (including phenoxy) is 2. The molecule has 1 N–H and O–H groups in total. The van der Waals surface area contributed by atoms with Crippen molar-refractivity contribution in [3.05, 3.63) is 62.7 Å². The standard InChI is InChI=1S/C17H16ClN3O5/c1-3-26-15-8-11(7-14(18)16(15)25-2)10-19-20-17(22)12-5-4-6-13(9-12)21(23)24/h4-10H,3H2,1-2H3,(H,20,22)/b19-10-. The number of carbonyl (C=O) groups is 1. The van der Waals surface area contributed by atoms with E-state index in [-0.39, 0.29) is 11.3 Å². The normalized spacial score (nSPS) is 10.6. The number of nitrogens with one attached hydrogen (secondary N) is 1. The predicted octanol–water partition coefficient (Wildman–Crippen LogP) is 3.42. The zero-order valence-corrected chi connectivity index (χ0v) is 14.8. The van der Waals surface area contributed by atoms with Gasteiger partial charge in [0.15, 0.2) is 11.5 Å². The Balaban J connectivity index is 2.14. The number of halogens is 1. The molecule has 0 bridgehead atoms. The third-order valence-corrected chi connectivity index (χ3v) is 3.52. The number of hydrogen-bond donors (Lipinski definition) is 1. The molecule has 0 fully saturated rings. The number of nitro benzene ring substituents is 1. The van der Waals surface area contributed by atoms with Crippen molar-refractivity contribution >= 4 is 29.4 Å². The Morgan fingerprint density at radius 1 is 1.38 bits per heavy atom. The number of non-ortho nitro benzene ring substituents is 1. The Kier molecular flexibility index (Phi) is 6.51. The van der Waals surface area contributed by atoms with E-state index in [9.17, 15) is 14.9 Å². The molecule has 2 aromatic rings. The van der Waals surface area contributed by atoms with Gasteiger partial charge in [-0.15, -0.1) is 0 Å². The lowest BCUT2D eigenvalue weighted by molar-refractivity contribution is -0.384. The summed E-state index contributed by atoms with van der Waals surface area (Å²) in [5.41, 5.74) is 2.84. The van der Waals surface area contributed by atoms with E-state index in [2.05, 4.69) is 10.5 Å². The monoisotopic (exact) mass is 377 g/mol. The number of amides is 1. The molecule has 0 aliphatic rings. The number of benzene rings is 2. The molecule has 0 spiro atoms. The molecular weight excluding hydrogens is 362 g/mol. The van der Waals surface area contributed by atoms with E-state index in [0.717, 1.165) is 0 Å². The second-order valence-electron chi connectivity index (χ2n) is 4.97. The molecule has 8 nitrogen and oxygen atoms in total. The molecule has 0 atom stereocenters. The first kappa shape index (κ1) is 19.2. The van der Waals surface area contributed by atoms with Crippen LogP contribution in [0.5, 0.6) is 11.5 Å². The van der Waals surface area contributed by atoms with E-state index in [1.807, 2.05) is 6.92 Å². The summed E-state index contributed by atoms with van der Waals surface area (Å²) in [6, 6.07) is 8.61. The maximum absolute atomic E-state index is 12.0. The number of methoxy groups -OCH3 is 1. The highest BCUT2D eigenvalue weighted by molar-refractivity contribution is 6.32. The van der Waals surface area contributed by atoms with Crippen molar-refractivity contribution in [2.45, 2.75) is 6.92 Å². The van der Waals surface area contributed by atoms with E-state index in [4.69, 9.17) is 21.1 Å². The molecule has 0 heterocycles. The Morgan fingerprint density at radius 3 is 2.81 bits per heavy atom. The van der Waals surface area contributed by atoms with Crippen molar-refractivity contribution in [1.82, 2.24) is 5.43 Å². The van der Waals surface area contributed by atoms with Gasteiger partial charge in [0.2, 0.25) is 0 Å². The Bertz CT molecular complexity index is 854. The molecule has 2 rings (SSSR count). The van der Waals surface area contributed by atoms with Crippen LogP contribution in [0.25, 0.3) is 0 Å². The van der Waals surface area contributed by atoms with Crippen molar-refractivity contribution in [3.63, 3.8) is 0 Å². The van der Waals surface area contributed by atoms with Crippen LogP contribution in [0.1, 0.15) is 22.8 Å². The van der Waals surface area contributed by atoms with Crippen molar-refractivity contribution in [2.75, 3.05) is 13.7 Å². The first-order valence-corrected chi connectivity index (χ1v) is 7.92. The molecular formula is C17H16ClN3O5. The second-order valence-corrected chi connectivity index (χ2v) is 5.38. The fraction of sp³-hybridized carbons (Fsp3) is 0.176. The van der Waals surface area contributed by atoms with Crippen molar-refractivity contribution < 1.29 is 19.2 Å². The maximum atomic E-state index is 12.0. The molecule has 0 saturated carbocycles. The van der Waals surface area contributed by atoms with Crippen LogP contribution in [0.2, 0.25) is 5.02 Å². The highest BCUT2D eigenvalue weighted by Gasteiger charge is 2.12. The first-order valence-electron chi connectivity index (χ1n) is 7.54. The summed E-state index contributed by atoms with van der Waals surface area (Å²) < 4.78 is 10.6. The summed E-state index contributed by atoms with van der Waals surface area (Å²) in [4.78, 5) is 22.2. The van der Waals surface area contributed by atoms with Crippen molar-refractivity contribution in [3.8, 4) is 11.5 Å². The first-order chi connectivity index (χ1) is 12.5. The summed E-state index contributed by atoms with van der Waals surface area (Å²) in [6.07, 6.45) is 1.38. The largest absolute Gasteiger partial charge is 0.491 e. The number of nitro groups is 1. The summed E-state index contributed by atoms with van der Waals surface area (Å²) in [7, 11) is 1.48. The minimum atomic E-state index is -0.575. The van der Waals surface area contributed by atoms with E-state index < -0.39 is 10.8 Å². The van der Waals surface area contributed by atoms with E-state index in [0.29, 0.717) is 28.7 Å². The Hall–Kier alpha value is -3.13. The molecule has 9 heteroatoms. The van der Waals surface area contributed by atoms with Gasteiger partial charge >= 0.3 is 0 Å². The van der Waals surface area contributed by atoms with Crippen LogP contribution in [-0.2, 0) is 0 Å². The fourth-order valence-electron chi connectivity index (χ4n) is 2.11. The summed E-state index contributed by atoms with van der Waals surface area (Å²) >= 11 is 6.14. The fourth-order valence-corrected chi connectivity index (χ4v) is 2.41. The van der Waals surface area contributed by atoms with Crippen LogP contribution >= 0.6 is 11.6 Å². The minimum absolute atomic E-state index is 0.124. The molecule has 0 aliphatic carbocycles. The summed E-state index contributed by atoms with van der Waals surface area (Å²) in [5, 5.41) is 14.9. The third-order valence-electron chi connectivity index (χ3n) is 3.23. The van der Waals surface area contributed by atoms with Gasteiger partial charge in [-0.25, -0.2) is 5.43 Å². The Morgan fingerprint density at radius 2 is 2.15 bits per heavy atom. The predicted molar refractivity (Wildman–Crippen MR) is 97.3 cm³/mol. The minimum Gasteiger partial charge on any atom is -0.491 e. The topological polar surface area (TPSA) is 103 Å². The van der Waals surface area contributed by atoms with Gasteiger partial charge in [-0.3, -0.25) is 14.9 Å². The summed E-state index contributed by atoms with van der Waals surface area (Å²) in [6.45, 7) is 2.25. The van der Waals surface area contributed by atoms with Crippen LogP contribution in [0.3, 0.4) is 0 Å². The highest BCUT2D eigenvalue weighted by atomic mass is 35.5. The van der Waals surface area contributed by atoms with Crippen LogP contribution < -0.4 is 14.9 Å². The lowest BCUT2D eigenvalue weighted by Gasteiger charge is -2.11. The van der Waals surface area contributed by atoms with Gasteiger partial charge in [0.1, 0.15) is 0 Å². The third kappa shape index (κ3) is 4.70. The lowest BCUT2D eigenvalue weighted by atomic mass is 10.2. The molecule has 2 aromatic carbocycles. The van der Waals surface area contributed by atoms with Gasteiger partial charge in [0.05, 0.1) is 29.9 Å². The molecule has 26 heavy (non-hydrogen) atoms. The van der Waals surface area contributed by atoms with Gasteiger partial charge in [0, 0.05) is 17.7 Å². The highest BCUT2D eigenvalue weighted by Crippen LogP contribution is 2.35. The maximum Gasteiger partial charge on any atom is 0.271 e. The van der Waals surface area contributed by atoms with Crippen LogP contribution in [0, 0.1) is 10.1 Å². The molecule has 0 saturated heterocycles. The van der Waals surface area contributed by atoms with Gasteiger partial charge in [-0.2, -0.15) is 5.10 Å². The molecule has 0 radical (unpaired) electrons. The quantitative estimate of drug-likeness (QED) is 0.452. The van der Waals surface area contributed by atoms with Crippen LogP contribution in [-0.4, -0.2) is 30.8 Å². The smallest absolute Gasteiger partial charge is 0.271 e. The zero-order valence-electron chi connectivity index (χ0n) is 14.1. The van der Waals surface area contributed by atoms with E-state index >= 15 is 0 Å². The van der Waals surface area contributed by atoms with Gasteiger partial charge in [-0.1, -0.05) is 17.7 Å². The number of nitrogens with zero attached hydrogens (tertiary/aromatic N) is 2. The molecule has 0 unspecified atom stereocenters. The van der Waals surface area contributed by atoms with Crippen LogP contribution in [0.4, 0.5) is 5.69 Å². The van der Waals surface area contributed by atoms with E-state index in [1.165, 1.54) is 37.6 Å². The Labute approximate surface area is 154 Å². The number of hydrazone groups is 1. The SMILES string of the molecule is CCOc1cc(/C=N\NC(=O)c2cccc([N+](=O)[O-])c2)cc(Cl)c1OC. The van der Waals surface area contributed by atoms with Crippen molar-refractivity contribution in [1.29, 1.82) is 0 Å². The second kappa shape index (κ2) is 8.82. The van der Waals surface area contributed by atoms with E-state index in [1.54, 1.807) is 12.1 Å². The average molecular weight is 378 g/mol. The number of carbonyl (C=O) groups excluding carboxylic acids is 1. The zero-order chi connectivity index (χ0) is 19.1. The van der Waals surface area contributed by atoms with Gasteiger partial charge < -0.3 is 9.47 Å². The van der Waals surface area contributed by atoms with Gasteiger partial charge in [-0.05, 0) is 30.7 Å². The molecule has 0 aromatic heterocycles. The number of hydrogen-bond acceptors (Lipinski definition) is 6. The van der Waals surface area contributed by atoms with Crippen molar-refractivity contribution in [2.24, 2.45) is 5.10 Å². The molecule has 136 valence electrons. The lowest BCUT2D eigenvalue weighted by Crippen LogP contribution is -2.17. The molecule has 1 amide bonds. The number of rotatable bonds is 7. The van der Waals surface area contributed by atoms with Gasteiger partial charge in [0.25, 0.3) is 11.6 Å². The summed E-state index contributed by atoms with van der Waals surface area (Å²) in [5.74, 6) is 0.287. The molecule has 0 aliphatic heterocycles.